The maximum Gasteiger partial charge on any atom is 0.129 e. The van der Waals surface area contributed by atoms with Gasteiger partial charge in [-0.15, -0.1) is 0 Å². The third kappa shape index (κ3) is 1.88. The molecule has 0 saturated carbocycles. The quantitative estimate of drug-likeness (QED) is 0.772. The molecule has 0 atom stereocenters. The summed E-state index contributed by atoms with van der Waals surface area (Å²) < 4.78 is 15.9. The second kappa shape index (κ2) is 4.84. The van der Waals surface area contributed by atoms with Gasteiger partial charge in [-0.05, 0) is 37.8 Å². The Morgan fingerprint density at radius 2 is 2.11 bits per heavy atom. The number of rotatable bonds is 2. The van der Waals surface area contributed by atoms with E-state index < -0.39 is 0 Å². The van der Waals surface area contributed by atoms with Crippen LogP contribution in [0, 0.1) is 5.82 Å². The molecule has 3 rings (SSSR count). The van der Waals surface area contributed by atoms with Gasteiger partial charge < -0.3 is 4.57 Å². The third-order valence-corrected chi connectivity index (χ3v) is 4.08. The monoisotopic (exact) mass is 308 g/mol. The molecule has 1 aliphatic carbocycles. The van der Waals surface area contributed by atoms with Crippen LogP contribution in [-0.4, -0.2) is 9.55 Å². The lowest BCUT2D eigenvalue weighted by Gasteiger charge is -2.16. The van der Waals surface area contributed by atoms with Crippen LogP contribution in [0.5, 0.6) is 0 Å². The van der Waals surface area contributed by atoms with E-state index >= 15 is 0 Å². The van der Waals surface area contributed by atoms with Gasteiger partial charge in [-0.1, -0.05) is 22.0 Å². The minimum absolute atomic E-state index is 0.164. The van der Waals surface area contributed by atoms with Crippen LogP contribution in [0.25, 0.3) is 5.69 Å². The Kier molecular flexibility index (Phi) is 3.20. The first-order valence-corrected chi connectivity index (χ1v) is 7.32. The van der Waals surface area contributed by atoms with Crippen molar-refractivity contribution in [2.24, 2.45) is 0 Å². The molecule has 0 saturated heterocycles. The van der Waals surface area contributed by atoms with Gasteiger partial charge >= 0.3 is 0 Å². The summed E-state index contributed by atoms with van der Waals surface area (Å²) in [6.07, 6.45) is 6.31. The van der Waals surface area contributed by atoms with E-state index in [0.717, 1.165) is 18.5 Å². The van der Waals surface area contributed by atoms with Crippen LogP contribution in [0.15, 0.2) is 24.5 Å². The lowest BCUT2D eigenvalue weighted by Crippen LogP contribution is -2.08. The van der Waals surface area contributed by atoms with Gasteiger partial charge in [-0.25, -0.2) is 9.37 Å². The van der Waals surface area contributed by atoms with E-state index in [9.17, 15) is 4.39 Å². The number of nitrogens with zero attached hydrogens (tertiary/aromatic N) is 2. The zero-order chi connectivity index (χ0) is 12.5. The average molecular weight is 309 g/mol. The Morgan fingerprint density at radius 1 is 1.28 bits per heavy atom. The van der Waals surface area contributed by atoms with Gasteiger partial charge in [0.15, 0.2) is 0 Å². The molecule has 1 heterocycles. The zero-order valence-corrected chi connectivity index (χ0v) is 11.6. The Balaban J connectivity index is 2.15. The van der Waals surface area contributed by atoms with E-state index in [0.29, 0.717) is 10.9 Å². The predicted molar refractivity (Wildman–Crippen MR) is 72.8 cm³/mol. The molecular formula is C14H14BrFN2. The first kappa shape index (κ1) is 11.9. The number of fused-ring (bicyclic) bond motifs is 1. The minimum atomic E-state index is -0.164. The molecule has 4 heteroatoms. The molecule has 18 heavy (non-hydrogen) atoms. The molecule has 0 unspecified atom stereocenters. The fourth-order valence-corrected chi connectivity index (χ4v) is 3.14. The molecule has 0 aliphatic heterocycles. The number of alkyl halides is 1. The fourth-order valence-electron chi connectivity index (χ4n) is 2.58. The largest absolute Gasteiger partial charge is 0.303 e. The first-order valence-electron chi connectivity index (χ1n) is 6.20. The van der Waals surface area contributed by atoms with E-state index in [1.54, 1.807) is 6.07 Å². The highest BCUT2D eigenvalue weighted by Crippen LogP contribution is 2.27. The Hall–Kier alpha value is -1.16. The second-order valence-electron chi connectivity index (χ2n) is 4.59. The SMILES string of the molecule is Fc1cccc(-n2cnc3c2CCCC3)c1CBr. The number of benzene rings is 1. The van der Waals surface area contributed by atoms with Crippen molar-refractivity contribution >= 4 is 15.9 Å². The Bertz CT molecular complexity index is 577. The van der Waals surface area contributed by atoms with Gasteiger partial charge in [-0.3, -0.25) is 0 Å². The number of halogens is 2. The fraction of sp³-hybridized carbons (Fsp3) is 0.357. The molecule has 0 bridgehead atoms. The highest BCUT2D eigenvalue weighted by atomic mass is 79.9. The number of hydrogen-bond acceptors (Lipinski definition) is 1. The molecule has 2 aromatic rings. The van der Waals surface area contributed by atoms with Crippen molar-refractivity contribution in [3.63, 3.8) is 0 Å². The summed E-state index contributed by atoms with van der Waals surface area (Å²) in [5, 5.41) is 0.516. The first-order chi connectivity index (χ1) is 8.81. The molecule has 1 aromatic carbocycles. The van der Waals surface area contributed by atoms with Crippen LogP contribution in [0.1, 0.15) is 29.8 Å². The van der Waals surface area contributed by atoms with Crippen molar-refractivity contribution in [2.45, 2.75) is 31.0 Å². The number of hydrogen-bond donors (Lipinski definition) is 0. The van der Waals surface area contributed by atoms with E-state index in [2.05, 4.69) is 20.9 Å². The lowest BCUT2D eigenvalue weighted by molar-refractivity contribution is 0.614. The topological polar surface area (TPSA) is 17.8 Å². The zero-order valence-electron chi connectivity index (χ0n) is 10.00. The molecule has 1 aliphatic rings. The summed E-state index contributed by atoms with van der Waals surface area (Å²) in [7, 11) is 0. The van der Waals surface area contributed by atoms with Gasteiger partial charge in [0.25, 0.3) is 0 Å². The highest BCUT2D eigenvalue weighted by molar-refractivity contribution is 9.08. The average Bonchev–Trinajstić information content (AvgIpc) is 2.82. The van der Waals surface area contributed by atoms with Crippen molar-refractivity contribution in [1.82, 2.24) is 9.55 Å². The Morgan fingerprint density at radius 3 is 2.94 bits per heavy atom. The van der Waals surface area contributed by atoms with E-state index in [-0.39, 0.29) is 5.82 Å². The van der Waals surface area contributed by atoms with Gasteiger partial charge in [0.2, 0.25) is 0 Å². The molecule has 0 fully saturated rings. The van der Waals surface area contributed by atoms with Crippen LogP contribution in [0.3, 0.4) is 0 Å². The summed E-state index contributed by atoms with van der Waals surface area (Å²) in [5.41, 5.74) is 4.02. The molecular weight excluding hydrogens is 295 g/mol. The summed E-state index contributed by atoms with van der Waals surface area (Å²) in [6.45, 7) is 0. The highest BCUT2D eigenvalue weighted by Gasteiger charge is 2.18. The summed E-state index contributed by atoms with van der Waals surface area (Å²) in [5.74, 6) is -0.164. The van der Waals surface area contributed by atoms with E-state index in [1.165, 1.54) is 30.3 Å². The van der Waals surface area contributed by atoms with Crippen LogP contribution < -0.4 is 0 Å². The maximum absolute atomic E-state index is 13.8. The van der Waals surface area contributed by atoms with Crippen molar-refractivity contribution in [3.05, 3.63) is 47.3 Å². The summed E-state index contributed by atoms with van der Waals surface area (Å²) in [6, 6.07) is 5.21. The van der Waals surface area contributed by atoms with E-state index in [1.807, 2.05) is 17.0 Å². The molecule has 2 nitrogen and oxygen atoms in total. The molecule has 0 amide bonds. The van der Waals surface area contributed by atoms with Crippen LogP contribution >= 0.6 is 15.9 Å². The molecule has 1 aromatic heterocycles. The van der Waals surface area contributed by atoms with Crippen molar-refractivity contribution in [3.8, 4) is 5.69 Å². The number of imidazole rings is 1. The Labute approximate surface area is 114 Å². The van der Waals surface area contributed by atoms with Gasteiger partial charge in [0.05, 0.1) is 17.7 Å². The number of aromatic nitrogens is 2. The van der Waals surface area contributed by atoms with Crippen LogP contribution in [-0.2, 0) is 18.2 Å². The molecule has 0 radical (unpaired) electrons. The van der Waals surface area contributed by atoms with Gasteiger partial charge in [-0.2, -0.15) is 0 Å². The minimum Gasteiger partial charge on any atom is -0.303 e. The standard InChI is InChI=1S/C14H14BrFN2/c15-8-10-11(16)4-3-7-13(10)18-9-17-12-5-1-2-6-14(12)18/h3-4,7,9H,1-2,5-6,8H2. The second-order valence-corrected chi connectivity index (χ2v) is 5.15. The van der Waals surface area contributed by atoms with Gasteiger partial charge in [0.1, 0.15) is 5.82 Å². The lowest BCUT2D eigenvalue weighted by atomic mass is 10.0. The van der Waals surface area contributed by atoms with Crippen molar-refractivity contribution < 1.29 is 4.39 Å². The number of aryl methyl sites for hydroxylation is 1. The normalized spacial score (nSPS) is 14.6. The van der Waals surface area contributed by atoms with E-state index in [4.69, 9.17) is 0 Å². The van der Waals surface area contributed by atoms with Gasteiger partial charge in [0, 0.05) is 16.6 Å². The summed E-state index contributed by atoms with van der Waals surface area (Å²) in [4.78, 5) is 4.46. The summed E-state index contributed by atoms with van der Waals surface area (Å²) >= 11 is 3.37. The maximum atomic E-state index is 13.8. The van der Waals surface area contributed by atoms with Crippen molar-refractivity contribution in [2.75, 3.05) is 0 Å². The van der Waals surface area contributed by atoms with Crippen LogP contribution in [0.4, 0.5) is 4.39 Å². The molecule has 0 spiro atoms. The molecule has 0 N–H and O–H groups in total. The van der Waals surface area contributed by atoms with Crippen LogP contribution in [0.2, 0.25) is 0 Å². The third-order valence-electron chi connectivity index (χ3n) is 3.52. The smallest absolute Gasteiger partial charge is 0.129 e. The predicted octanol–water partition coefficient (Wildman–Crippen LogP) is 3.79. The van der Waals surface area contributed by atoms with Crippen molar-refractivity contribution in [1.29, 1.82) is 0 Å². The molecule has 94 valence electrons.